The van der Waals surface area contributed by atoms with Gasteiger partial charge in [-0.15, -0.1) is 0 Å². The summed E-state index contributed by atoms with van der Waals surface area (Å²) in [6, 6.07) is 7.63. The van der Waals surface area contributed by atoms with Crippen LogP contribution in [0, 0.1) is 11.8 Å². The van der Waals surface area contributed by atoms with Gasteiger partial charge in [0, 0.05) is 18.2 Å². The number of piperidine rings is 1. The van der Waals surface area contributed by atoms with E-state index in [1.54, 1.807) is 0 Å². The summed E-state index contributed by atoms with van der Waals surface area (Å²) in [5.41, 5.74) is 0.956. The van der Waals surface area contributed by atoms with Crippen LogP contribution in [0.1, 0.15) is 24.8 Å². The van der Waals surface area contributed by atoms with Crippen molar-refractivity contribution in [3.05, 3.63) is 34.9 Å². The zero-order chi connectivity index (χ0) is 16.2. The number of carbonyl (C=O) groups is 1. The second-order valence-corrected chi connectivity index (χ2v) is 7.09. The normalized spacial score (nSPS) is 26.3. The summed E-state index contributed by atoms with van der Waals surface area (Å²) in [4.78, 5) is 14.9. The number of hydrogen-bond donors (Lipinski definition) is 1. The highest BCUT2D eigenvalue weighted by molar-refractivity contribution is 6.31. The zero-order valence-corrected chi connectivity index (χ0v) is 14.4. The summed E-state index contributed by atoms with van der Waals surface area (Å²) >= 11 is 6.15. The Balaban J connectivity index is 1.57. The molecule has 0 radical (unpaired) electrons. The number of nitrogens with one attached hydrogen (secondary N) is 1. The summed E-state index contributed by atoms with van der Waals surface area (Å²) in [6.45, 7) is 3.37. The van der Waals surface area contributed by atoms with E-state index >= 15 is 0 Å². The number of likely N-dealkylation sites (tertiary alicyclic amines) is 1. The van der Waals surface area contributed by atoms with E-state index in [-0.39, 0.29) is 17.9 Å². The van der Waals surface area contributed by atoms with Crippen LogP contribution in [-0.4, -0.2) is 43.7 Å². The van der Waals surface area contributed by atoms with Crippen molar-refractivity contribution >= 4 is 17.5 Å². The lowest BCUT2D eigenvalue weighted by atomic mass is 9.84. The molecule has 1 amide bonds. The highest BCUT2D eigenvalue weighted by atomic mass is 35.5. The van der Waals surface area contributed by atoms with Crippen LogP contribution in [0.5, 0.6) is 0 Å². The Labute approximate surface area is 143 Å². The number of carbonyl (C=O) groups excluding carboxylic acids is 1. The third-order valence-electron chi connectivity index (χ3n) is 5.11. The standard InChI is InChI=1S/C18H25ClN2O2/c1-21-9-6-13(7-10-21)17-15(8-11-23-17)18(22)20-12-14-4-2-3-5-16(14)19/h2-5,13,15,17H,6-12H2,1H3,(H,20,22)/t15-,17+/m0/s1. The maximum absolute atomic E-state index is 12.6. The second-order valence-electron chi connectivity index (χ2n) is 6.68. The first-order chi connectivity index (χ1) is 11.1. The predicted molar refractivity (Wildman–Crippen MR) is 91.4 cm³/mol. The number of nitrogens with zero attached hydrogens (tertiary/aromatic N) is 1. The van der Waals surface area contributed by atoms with E-state index in [2.05, 4.69) is 17.3 Å². The van der Waals surface area contributed by atoms with Gasteiger partial charge >= 0.3 is 0 Å². The van der Waals surface area contributed by atoms with Crippen LogP contribution in [0.15, 0.2) is 24.3 Å². The van der Waals surface area contributed by atoms with Gasteiger partial charge in [0.1, 0.15) is 0 Å². The molecule has 5 heteroatoms. The van der Waals surface area contributed by atoms with E-state index in [9.17, 15) is 4.79 Å². The van der Waals surface area contributed by atoms with E-state index in [0.717, 1.165) is 37.9 Å². The van der Waals surface area contributed by atoms with E-state index in [1.165, 1.54) is 0 Å². The molecule has 1 aromatic rings. The van der Waals surface area contributed by atoms with Crippen LogP contribution in [0.4, 0.5) is 0 Å². The van der Waals surface area contributed by atoms with Gasteiger partial charge in [0.2, 0.25) is 5.91 Å². The predicted octanol–water partition coefficient (Wildman–Crippen LogP) is 2.70. The lowest BCUT2D eigenvalue weighted by Gasteiger charge is -2.34. The van der Waals surface area contributed by atoms with Crippen LogP contribution in [0.3, 0.4) is 0 Å². The van der Waals surface area contributed by atoms with Crippen LogP contribution >= 0.6 is 11.6 Å². The molecule has 0 unspecified atom stereocenters. The Hall–Kier alpha value is -1.10. The third-order valence-corrected chi connectivity index (χ3v) is 5.48. The van der Waals surface area contributed by atoms with Crippen molar-refractivity contribution in [2.24, 2.45) is 11.8 Å². The van der Waals surface area contributed by atoms with Crippen molar-refractivity contribution in [2.45, 2.75) is 31.9 Å². The Morgan fingerprint density at radius 3 is 2.78 bits per heavy atom. The van der Waals surface area contributed by atoms with E-state index < -0.39 is 0 Å². The molecule has 2 saturated heterocycles. The molecule has 2 aliphatic heterocycles. The minimum absolute atomic E-state index is 0.0223. The average molecular weight is 337 g/mol. The number of amides is 1. The number of hydrogen-bond acceptors (Lipinski definition) is 3. The number of halogens is 1. The van der Waals surface area contributed by atoms with Crippen molar-refractivity contribution in [2.75, 3.05) is 26.7 Å². The maximum Gasteiger partial charge on any atom is 0.226 e. The van der Waals surface area contributed by atoms with Crippen molar-refractivity contribution in [3.8, 4) is 0 Å². The molecule has 3 rings (SSSR count). The van der Waals surface area contributed by atoms with Crippen LogP contribution in [-0.2, 0) is 16.1 Å². The minimum atomic E-state index is -0.0223. The first-order valence-electron chi connectivity index (χ1n) is 8.46. The quantitative estimate of drug-likeness (QED) is 0.919. The molecule has 0 saturated carbocycles. The van der Waals surface area contributed by atoms with Gasteiger partial charge < -0.3 is 15.0 Å². The average Bonchev–Trinajstić information content (AvgIpc) is 3.04. The van der Waals surface area contributed by atoms with Crippen molar-refractivity contribution in [1.29, 1.82) is 0 Å². The minimum Gasteiger partial charge on any atom is -0.377 e. The zero-order valence-electron chi connectivity index (χ0n) is 13.6. The number of benzene rings is 1. The first kappa shape index (κ1) is 16.7. The second kappa shape index (κ2) is 7.65. The van der Waals surface area contributed by atoms with Crippen LogP contribution in [0.25, 0.3) is 0 Å². The Morgan fingerprint density at radius 1 is 1.30 bits per heavy atom. The van der Waals surface area contributed by atoms with Gasteiger partial charge in [-0.1, -0.05) is 29.8 Å². The Morgan fingerprint density at radius 2 is 2.04 bits per heavy atom. The van der Waals surface area contributed by atoms with Crippen molar-refractivity contribution < 1.29 is 9.53 Å². The SMILES string of the molecule is CN1CCC([C@H]2OCC[C@@H]2C(=O)NCc2ccccc2Cl)CC1. The van der Waals surface area contributed by atoms with Gasteiger partial charge in [-0.05, 0) is 56.9 Å². The largest absolute Gasteiger partial charge is 0.377 e. The molecule has 0 aliphatic carbocycles. The molecule has 126 valence electrons. The lowest BCUT2D eigenvalue weighted by Crippen LogP contribution is -2.42. The monoisotopic (exact) mass is 336 g/mol. The smallest absolute Gasteiger partial charge is 0.226 e. The molecule has 1 aromatic carbocycles. The molecule has 2 atom stereocenters. The van der Waals surface area contributed by atoms with Gasteiger partial charge in [0.25, 0.3) is 0 Å². The van der Waals surface area contributed by atoms with Crippen LogP contribution in [0.2, 0.25) is 5.02 Å². The topological polar surface area (TPSA) is 41.6 Å². The molecule has 0 bridgehead atoms. The third kappa shape index (κ3) is 4.06. The summed E-state index contributed by atoms with van der Waals surface area (Å²) in [7, 11) is 2.15. The Bertz CT molecular complexity index is 544. The van der Waals surface area contributed by atoms with Gasteiger partial charge in [-0.3, -0.25) is 4.79 Å². The number of rotatable bonds is 4. The first-order valence-corrected chi connectivity index (χ1v) is 8.84. The summed E-state index contributed by atoms with van der Waals surface area (Å²) in [5, 5.41) is 3.74. The fraction of sp³-hybridized carbons (Fsp3) is 0.611. The fourth-order valence-electron chi connectivity index (χ4n) is 3.67. The highest BCUT2D eigenvalue weighted by Gasteiger charge is 2.39. The molecular formula is C18H25ClN2O2. The van der Waals surface area contributed by atoms with Gasteiger partial charge in [-0.2, -0.15) is 0 Å². The van der Waals surface area contributed by atoms with Gasteiger partial charge in [0.05, 0.1) is 12.0 Å². The summed E-state index contributed by atoms with van der Waals surface area (Å²) < 4.78 is 5.93. The molecule has 2 heterocycles. The van der Waals surface area contributed by atoms with E-state index in [4.69, 9.17) is 16.3 Å². The molecule has 1 N–H and O–H groups in total. The molecule has 2 aliphatic rings. The number of ether oxygens (including phenoxy) is 1. The summed E-state index contributed by atoms with van der Waals surface area (Å²) in [5.74, 6) is 0.585. The molecule has 23 heavy (non-hydrogen) atoms. The highest BCUT2D eigenvalue weighted by Crippen LogP contribution is 2.33. The van der Waals surface area contributed by atoms with E-state index in [1.807, 2.05) is 24.3 Å². The van der Waals surface area contributed by atoms with Crippen LogP contribution < -0.4 is 5.32 Å². The van der Waals surface area contributed by atoms with Crippen molar-refractivity contribution in [1.82, 2.24) is 10.2 Å². The van der Waals surface area contributed by atoms with Gasteiger partial charge in [-0.25, -0.2) is 0 Å². The molecule has 0 aromatic heterocycles. The van der Waals surface area contributed by atoms with Gasteiger partial charge in [0.15, 0.2) is 0 Å². The van der Waals surface area contributed by atoms with E-state index in [0.29, 0.717) is 24.1 Å². The fourth-order valence-corrected chi connectivity index (χ4v) is 3.87. The molecule has 2 fully saturated rings. The van der Waals surface area contributed by atoms with Crippen molar-refractivity contribution in [3.63, 3.8) is 0 Å². The molecule has 4 nitrogen and oxygen atoms in total. The summed E-state index contributed by atoms with van der Waals surface area (Å²) in [6.07, 6.45) is 3.14. The molecule has 0 spiro atoms. The molecular weight excluding hydrogens is 312 g/mol. The maximum atomic E-state index is 12.6. The Kier molecular flexibility index (Phi) is 5.57. The lowest BCUT2D eigenvalue weighted by molar-refractivity contribution is -0.128.